The van der Waals surface area contributed by atoms with E-state index in [0.717, 1.165) is 36.6 Å². The topological polar surface area (TPSA) is 33.7 Å². The molecule has 1 heterocycles. The smallest absolute Gasteiger partial charge is 0.161 e. The van der Waals surface area contributed by atoms with Crippen LogP contribution in [-0.2, 0) is 0 Å². The Kier molecular flexibility index (Phi) is 7.47. The van der Waals surface area contributed by atoms with E-state index in [1.165, 1.54) is 45.3 Å². The Balaban J connectivity index is 0.00000192. The minimum atomic E-state index is 0. The summed E-state index contributed by atoms with van der Waals surface area (Å²) in [5, 5.41) is 3.73. The van der Waals surface area contributed by atoms with Gasteiger partial charge in [0.1, 0.15) is 6.61 Å². The maximum absolute atomic E-state index is 5.86. The van der Waals surface area contributed by atoms with Gasteiger partial charge >= 0.3 is 0 Å². The number of halogens is 1. The third-order valence-corrected chi connectivity index (χ3v) is 4.71. The van der Waals surface area contributed by atoms with Crippen LogP contribution in [0, 0.1) is 5.92 Å². The second-order valence-electron chi connectivity index (χ2n) is 6.47. The molecule has 0 radical (unpaired) electrons. The fraction of sp³-hybridized carbons (Fsp3) is 0.667. The summed E-state index contributed by atoms with van der Waals surface area (Å²) in [6, 6.07) is 8.58. The van der Waals surface area contributed by atoms with Gasteiger partial charge in [-0.25, -0.2) is 0 Å². The Hall–Kier alpha value is -0.970. The average molecular weight is 341 g/mol. The summed E-state index contributed by atoms with van der Waals surface area (Å²) in [5.41, 5.74) is 0. The van der Waals surface area contributed by atoms with Crippen LogP contribution >= 0.6 is 12.4 Å². The summed E-state index contributed by atoms with van der Waals surface area (Å²) >= 11 is 0. The van der Waals surface area contributed by atoms with Crippen molar-refractivity contribution in [2.24, 2.45) is 5.92 Å². The molecule has 0 spiro atoms. The Morgan fingerprint density at radius 2 is 1.78 bits per heavy atom. The van der Waals surface area contributed by atoms with Crippen LogP contribution in [0.3, 0.4) is 0 Å². The second kappa shape index (κ2) is 9.36. The zero-order valence-electron chi connectivity index (χ0n) is 14.0. The first-order valence-corrected chi connectivity index (χ1v) is 8.56. The molecule has 1 aliphatic carbocycles. The standard InChI is InChI=1S/C18H28N2O2.ClH/c1-21-17-4-2-3-5-18(17)22-13-12-20-10-8-16(9-11-20)19-14-15-6-7-15;/h2-5,15-16,19H,6-14H2,1H3;1H. The van der Waals surface area contributed by atoms with Gasteiger partial charge in [-0.15, -0.1) is 12.4 Å². The largest absolute Gasteiger partial charge is 0.493 e. The molecular formula is C18H29ClN2O2. The predicted molar refractivity (Wildman–Crippen MR) is 95.9 cm³/mol. The number of rotatable bonds is 8. The summed E-state index contributed by atoms with van der Waals surface area (Å²) in [6.07, 6.45) is 5.40. The number of hydrogen-bond acceptors (Lipinski definition) is 4. The van der Waals surface area contributed by atoms with Gasteiger partial charge in [-0.2, -0.15) is 0 Å². The first kappa shape index (κ1) is 18.4. The Morgan fingerprint density at radius 3 is 2.43 bits per heavy atom. The van der Waals surface area contributed by atoms with Gasteiger partial charge in [0.25, 0.3) is 0 Å². The van der Waals surface area contributed by atoms with Crippen molar-refractivity contribution in [2.45, 2.75) is 31.7 Å². The van der Waals surface area contributed by atoms with Gasteiger partial charge in [0.15, 0.2) is 11.5 Å². The molecule has 2 fully saturated rings. The highest BCUT2D eigenvalue weighted by molar-refractivity contribution is 5.85. The average Bonchev–Trinajstić information content (AvgIpc) is 3.39. The van der Waals surface area contributed by atoms with Crippen LogP contribution in [0.5, 0.6) is 11.5 Å². The molecule has 0 atom stereocenters. The number of nitrogens with one attached hydrogen (secondary N) is 1. The van der Waals surface area contributed by atoms with E-state index in [1.807, 2.05) is 24.3 Å². The van der Waals surface area contributed by atoms with E-state index in [2.05, 4.69) is 10.2 Å². The second-order valence-corrected chi connectivity index (χ2v) is 6.47. The number of likely N-dealkylation sites (tertiary alicyclic amines) is 1. The van der Waals surface area contributed by atoms with Crippen molar-refractivity contribution in [2.75, 3.05) is 39.9 Å². The Morgan fingerprint density at radius 1 is 1.09 bits per heavy atom. The molecule has 1 aromatic carbocycles. The summed E-state index contributed by atoms with van der Waals surface area (Å²) in [7, 11) is 1.68. The number of para-hydroxylation sites is 2. The summed E-state index contributed by atoms with van der Waals surface area (Å²) in [4.78, 5) is 2.50. The summed E-state index contributed by atoms with van der Waals surface area (Å²) < 4.78 is 11.2. The molecule has 0 aromatic heterocycles. The van der Waals surface area contributed by atoms with Crippen LogP contribution in [0.15, 0.2) is 24.3 Å². The third-order valence-electron chi connectivity index (χ3n) is 4.71. The monoisotopic (exact) mass is 340 g/mol. The van der Waals surface area contributed by atoms with Crippen LogP contribution in [0.1, 0.15) is 25.7 Å². The third kappa shape index (κ3) is 5.87. The Labute approximate surface area is 145 Å². The van der Waals surface area contributed by atoms with Gasteiger partial charge in [0.2, 0.25) is 0 Å². The zero-order valence-corrected chi connectivity index (χ0v) is 14.8. The summed E-state index contributed by atoms with van der Waals surface area (Å²) in [5.74, 6) is 2.63. The van der Waals surface area contributed by atoms with Crippen molar-refractivity contribution >= 4 is 12.4 Å². The molecule has 23 heavy (non-hydrogen) atoms. The van der Waals surface area contributed by atoms with E-state index in [-0.39, 0.29) is 12.4 Å². The van der Waals surface area contributed by atoms with Gasteiger partial charge in [-0.1, -0.05) is 12.1 Å². The number of methoxy groups -OCH3 is 1. The van der Waals surface area contributed by atoms with E-state index in [1.54, 1.807) is 7.11 Å². The molecule has 0 bridgehead atoms. The molecule has 5 heteroatoms. The molecule has 1 saturated heterocycles. The lowest BCUT2D eigenvalue weighted by Gasteiger charge is -2.32. The van der Waals surface area contributed by atoms with Crippen molar-refractivity contribution in [1.82, 2.24) is 10.2 Å². The van der Waals surface area contributed by atoms with Crippen LogP contribution in [-0.4, -0.2) is 50.8 Å². The molecular weight excluding hydrogens is 312 g/mol. The molecule has 3 rings (SSSR count). The first-order chi connectivity index (χ1) is 10.8. The molecule has 130 valence electrons. The molecule has 4 nitrogen and oxygen atoms in total. The van der Waals surface area contributed by atoms with Gasteiger partial charge in [0, 0.05) is 12.6 Å². The maximum atomic E-state index is 5.86. The Bertz CT molecular complexity index is 460. The number of ether oxygens (including phenoxy) is 2. The predicted octanol–water partition coefficient (Wildman–Crippen LogP) is 2.96. The van der Waals surface area contributed by atoms with Crippen molar-refractivity contribution in [3.05, 3.63) is 24.3 Å². The SMILES string of the molecule is COc1ccccc1OCCN1CCC(NCC2CC2)CC1.Cl. The quantitative estimate of drug-likeness (QED) is 0.789. The highest BCUT2D eigenvalue weighted by atomic mass is 35.5. The van der Waals surface area contributed by atoms with Gasteiger partial charge in [-0.3, -0.25) is 4.90 Å². The number of hydrogen-bond donors (Lipinski definition) is 1. The molecule has 1 saturated carbocycles. The zero-order chi connectivity index (χ0) is 15.2. The van der Waals surface area contributed by atoms with Crippen LogP contribution in [0.4, 0.5) is 0 Å². The highest BCUT2D eigenvalue weighted by Crippen LogP contribution is 2.28. The van der Waals surface area contributed by atoms with Gasteiger partial charge in [0.05, 0.1) is 7.11 Å². The number of benzene rings is 1. The van der Waals surface area contributed by atoms with Crippen LogP contribution in [0.2, 0.25) is 0 Å². The molecule has 1 aromatic rings. The molecule has 0 amide bonds. The van der Waals surface area contributed by atoms with E-state index in [9.17, 15) is 0 Å². The minimum Gasteiger partial charge on any atom is -0.493 e. The molecule has 2 aliphatic rings. The van der Waals surface area contributed by atoms with E-state index in [4.69, 9.17) is 9.47 Å². The lowest BCUT2D eigenvalue weighted by Crippen LogP contribution is -2.44. The lowest BCUT2D eigenvalue weighted by atomic mass is 10.0. The number of nitrogens with zero attached hydrogens (tertiary/aromatic N) is 1. The summed E-state index contributed by atoms with van der Waals surface area (Å²) in [6.45, 7) is 5.31. The number of piperidine rings is 1. The van der Waals surface area contributed by atoms with Crippen molar-refractivity contribution in [3.63, 3.8) is 0 Å². The minimum absolute atomic E-state index is 0. The molecule has 0 unspecified atom stereocenters. The highest BCUT2D eigenvalue weighted by Gasteiger charge is 2.24. The molecule has 1 aliphatic heterocycles. The fourth-order valence-electron chi connectivity index (χ4n) is 3.04. The van der Waals surface area contributed by atoms with Crippen LogP contribution < -0.4 is 14.8 Å². The van der Waals surface area contributed by atoms with E-state index < -0.39 is 0 Å². The lowest BCUT2D eigenvalue weighted by molar-refractivity contribution is 0.162. The first-order valence-electron chi connectivity index (χ1n) is 8.56. The molecule has 1 N–H and O–H groups in total. The van der Waals surface area contributed by atoms with E-state index >= 15 is 0 Å². The van der Waals surface area contributed by atoms with Crippen molar-refractivity contribution < 1.29 is 9.47 Å². The van der Waals surface area contributed by atoms with Crippen LogP contribution in [0.25, 0.3) is 0 Å². The van der Waals surface area contributed by atoms with E-state index in [0.29, 0.717) is 0 Å². The maximum Gasteiger partial charge on any atom is 0.161 e. The van der Waals surface area contributed by atoms with Crippen molar-refractivity contribution in [3.8, 4) is 11.5 Å². The normalized spacial score (nSPS) is 19.2. The van der Waals surface area contributed by atoms with Gasteiger partial charge < -0.3 is 14.8 Å². The van der Waals surface area contributed by atoms with Gasteiger partial charge in [-0.05, 0) is 63.4 Å². The van der Waals surface area contributed by atoms with Crippen molar-refractivity contribution in [1.29, 1.82) is 0 Å². The fourth-order valence-corrected chi connectivity index (χ4v) is 3.04.